The Bertz CT molecular complexity index is 824. The van der Waals surface area contributed by atoms with Gasteiger partial charge in [-0.05, 0) is 40.8 Å². The zero-order valence-corrected chi connectivity index (χ0v) is 13.5. The van der Waals surface area contributed by atoms with Gasteiger partial charge in [-0.2, -0.15) is 0 Å². The van der Waals surface area contributed by atoms with Gasteiger partial charge in [-0.3, -0.25) is 0 Å². The van der Waals surface area contributed by atoms with Crippen LogP contribution in [0.1, 0.15) is 20.8 Å². The SMILES string of the molecule is COc1ccc(CNCc2ccc3cc(C(=O)O)sc3c2)cc1. The summed E-state index contributed by atoms with van der Waals surface area (Å²) in [7, 11) is 1.66. The third-order valence-electron chi connectivity index (χ3n) is 3.61. The second-order valence-corrected chi connectivity index (χ2v) is 6.32. The number of hydrogen-bond acceptors (Lipinski definition) is 4. The third-order valence-corrected chi connectivity index (χ3v) is 4.70. The van der Waals surface area contributed by atoms with Gasteiger partial charge in [0.25, 0.3) is 0 Å². The van der Waals surface area contributed by atoms with Crippen LogP contribution in [0.15, 0.2) is 48.5 Å². The van der Waals surface area contributed by atoms with Crippen LogP contribution in [0.25, 0.3) is 10.1 Å². The lowest BCUT2D eigenvalue weighted by atomic mass is 10.1. The number of rotatable bonds is 6. The summed E-state index contributed by atoms with van der Waals surface area (Å²) < 4.78 is 6.15. The maximum Gasteiger partial charge on any atom is 0.345 e. The van der Waals surface area contributed by atoms with Gasteiger partial charge in [0.15, 0.2) is 0 Å². The van der Waals surface area contributed by atoms with Crippen molar-refractivity contribution in [3.05, 3.63) is 64.5 Å². The largest absolute Gasteiger partial charge is 0.497 e. The van der Waals surface area contributed by atoms with Gasteiger partial charge < -0.3 is 15.2 Å². The molecule has 1 heterocycles. The standard InChI is InChI=1S/C18H17NO3S/c1-22-15-6-3-12(4-7-15)10-19-11-13-2-5-14-9-17(18(20)21)23-16(14)8-13/h2-9,19H,10-11H2,1H3,(H,20,21). The Labute approximate surface area is 138 Å². The average Bonchev–Trinajstić information content (AvgIpc) is 2.99. The van der Waals surface area contributed by atoms with Crippen molar-refractivity contribution in [1.29, 1.82) is 0 Å². The zero-order valence-electron chi connectivity index (χ0n) is 12.7. The molecule has 0 saturated carbocycles. The van der Waals surface area contributed by atoms with Crippen LogP contribution in [0.4, 0.5) is 0 Å². The maximum absolute atomic E-state index is 11.0. The minimum Gasteiger partial charge on any atom is -0.497 e. The van der Waals surface area contributed by atoms with Crippen molar-refractivity contribution in [1.82, 2.24) is 5.32 Å². The molecule has 0 radical (unpaired) electrons. The molecule has 0 unspecified atom stereocenters. The lowest BCUT2D eigenvalue weighted by Gasteiger charge is -2.06. The predicted molar refractivity (Wildman–Crippen MR) is 92.3 cm³/mol. The molecule has 3 aromatic rings. The number of hydrogen-bond donors (Lipinski definition) is 2. The van der Waals surface area contributed by atoms with Gasteiger partial charge in [0.2, 0.25) is 0 Å². The number of nitrogens with one attached hydrogen (secondary N) is 1. The fourth-order valence-electron chi connectivity index (χ4n) is 2.39. The molecule has 0 bridgehead atoms. The van der Waals surface area contributed by atoms with E-state index in [1.54, 1.807) is 13.2 Å². The van der Waals surface area contributed by atoms with Crippen LogP contribution in [0.5, 0.6) is 5.75 Å². The van der Waals surface area contributed by atoms with Crippen molar-refractivity contribution >= 4 is 27.4 Å². The first kappa shape index (κ1) is 15.5. The van der Waals surface area contributed by atoms with Crippen LogP contribution in [0.3, 0.4) is 0 Å². The van der Waals surface area contributed by atoms with E-state index in [0.717, 1.165) is 34.5 Å². The van der Waals surface area contributed by atoms with E-state index < -0.39 is 5.97 Å². The van der Waals surface area contributed by atoms with E-state index in [1.807, 2.05) is 42.5 Å². The number of aromatic carboxylic acids is 1. The van der Waals surface area contributed by atoms with Crippen LogP contribution in [0, 0.1) is 0 Å². The number of carboxylic acids is 1. The number of carbonyl (C=O) groups is 1. The van der Waals surface area contributed by atoms with Crippen molar-refractivity contribution in [2.24, 2.45) is 0 Å². The van der Waals surface area contributed by atoms with Crippen molar-refractivity contribution in [3.8, 4) is 5.75 Å². The smallest absolute Gasteiger partial charge is 0.345 e. The summed E-state index contributed by atoms with van der Waals surface area (Å²) in [6, 6.07) is 15.7. The van der Waals surface area contributed by atoms with Crippen molar-refractivity contribution in [2.45, 2.75) is 13.1 Å². The lowest BCUT2D eigenvalue weighted by Crippen LogP contribution is -2.12. The van der Waals surface area contributed by atoms with Crippen LogP contribution in [-0.4, -0.2) is 18.2 Å². The van der Waals surface area contributed by atoms with E-state index in [1.165, 1.54) is 16.9 Å². The van der Waals surface area contributed by atoms with Crippen LogP contribution in [0.2, 0.25) is 0 Å². The quantitative estimate of drug-likeness (QED) is 0.721. The predicted octanol–water partition coefficient (Wildman–Crippen LogP) is 3.90. The van der Waals surface area contributed by atoms with Crippen LogP contribution >= 0.6 is 11.3 Å². The van der Waals surface area contributed by atoms with Gasteiger partial charge >= 0.3 is 5.97 Å². The number of benzene rings is 2. The summed E-state index contributed by atoms with van der Waals surface area (Å²) in [5.41, 5.74) is 2.33. The summed E-state index contributed by atoms with van der Waals surface area (Å²) in [6.45, 7) is 1.51. The van der Waals surface area contributed by atoms with Gasteiger partial charge in [0, 0.05) is 17.8 Å². The Kier molecular flexibility index (Phi) is 4.60. The number of fused-ring (bicyclic) bond motifs is 1. The molecular weight excluding hydrogens is 310 g/mol. The average molecular weight is 327 g/mol. The van der Waals surface area contributed by atoms with Gasteiger partial charge in [-0.15, -0.1) is 11.3 Å². The molecule has 0 aliphatic heterocycles. The second kappa shape index (κ2) is 6.81. The van der Waals surface area contributed by atoms with E-state index in [2.05, 4.69) is 5.32 Å². The van der Waals surface area contributed by atoms with Gasteiger partial charge in [0.1, 0.15) is 10.6 Å². The Hall–Kier alpha value is -2.37. The Balaban J connectivity index is 1.63. The monoisotopic (exact) mass is 327 g/mol. The summed E-state index contributed by atoms with van der Waals surface area (Å²) >= 11 is 1.31. The molecule has 4 nitrogen and oxygen atoms in total. The number of ether oxygens (including phenoxy) is 1. The zero-order chi connectivity index (χ0) is 16.2. The molecule has 5 heteroatoms. The van der Waals surface area contributed by atoms with Gasteiger partial charge in [-0.1, -0.05) is 24.3 Å². The molecule has 0 aliphatic rings. The molecule has 118 valence electrons. The first-order chi connectivity index (χ1) is 11.2. The molecule has 0 spiro atoms. The lowest BCUT2D eigenvalue weighted by molar-refractivity contribution is 0.0702. The Morgan fingerprint density at radius 2 is 1.78 bits per heavy atom. The highest BCUT2D eigenvalue weighted by Crippen LogP contribution is 2.26. The first-order valence-electron chi connectivity index (χ1n) is 7.25. The van der Waals surface area contributed by atoms with E-state index in [-0.39, 0.29) is 0 Å². The number of methoxy groups -OCH3 is 1. The normalized spacial score (nSPS) is 10.8. The fourth-order valence-corrected chi connectivity index (χ4v) is 3.35. The van der Waals surface area contributed by atoms with E-state index in [9.17, 15) is 4.79 Å². The molecule has 0 atom stereocenters. The molecule has 3 rings (SSSR count). The molecule has 2 aromatic carbocycles. The second-order valence-electron chi connectivity index (χ2n) is 5.24. The molecule has 2 N–H and O–H groups in total. The highest BCUT2D eigenvalue weighted by Gasteiger charge is 2.08. The third kappa shape index (κ3) is 3.70. The summed E-state index contributed by atoms with van der Waals surface area (Å²) in [5.74, 6) is -0.0171. The van der Waals surface area contributed by atoms with Crippen molar-refractivity contribution in [2.75, 3.05) is 7.11 Å². The molecule has 0 aliphatic carbocycles. The van der Waals surface area contributed by atoms with Gasteiger partial charge in [0.05, 0.1) is 7.11 Å². The Morgan fingerprint density at radius 1 is 1.09 bits per heavy atom. The molecule has 23 heavy (non-hydrogen) atoms. The molecule has 0 saturated heterocycles. The van der Waals surface area contributed by atoms with Crippen molar-refractivity contribution < 1.29 is 14.6 Å². The summed E-state index contributed by atoms with van der Waals surface area (Å²) in [6.07, 6.45) is 0. The summed E-state index contributed by atoms with van der Waals surface area (Å²) in [5, 5.41) is 13.4. The maximum atomic E-state index is 11.0. The minimum absolute atomic E-state index is 0.378. The Morgan fingerprint density at radius 3 is 2.48 bits per heavy atom. The van der Waals surface area contributed by atoms with Crippen LogP contribution in [-0.2, 0) is 13.1 Å². The summed E-state index contributed by atoms with van der Waals surface area (Å²) in [4.78, 5) is 11.4. The fraction of sp³-hybridized carbons (Fsp3) is 0.167. The molecule has 0 amide bonds. The molecule has 1 aromatic heterocycles. The first-order valence-corrected chi connectivity index (χ1v) is 8.07. The van der Waals surface area contributed by atoms with E-state index in [0.29, 0.717) is 4.88 Å². The van der Waals surface area contributed by atoms with Crippen molar-refractivity contribution in [3.63, 3.8) is 0 Å². The molecule has 0 fully saturated rings. The number of thiophene rings is 1. The molecular formula is C18H17NO3S. The highest BCUT2D eigenvalue weighted by molar-refractivity contribution is 7.20. The topological polar surface area (TPSA) is 58.6 Å². The van der Waals surface area contributed by atoms with Gasteiger partial charge in [-0.25, -0.2) is 4.79 Å². The van der Waals surface area contributed by atoms with E-state index >= 15 is 0 Å². The minimum atomic E-state index is -0.870. The van der Waals surface area contributed by atoms with E-state index in [4.69, 9.17) is 9.84 Å². The number of carboxylic acid groups (broad SMARTS) is 1. The highest BCUT2D eigenvalue weighted by atomic mass is 32.1. The van der Waals surface area contributed by atoms with Crippen LogP contribution < -0.4 is 10.1 Å².